The number of allylic oxidation sites excluding steroid dienone is 2. The van der Waals surface area contributed by atoms with E-state index in [-0.39, 0.29) is 11.9 Å². The predicted molar refractivity (Wildman–Crippen MR) is 95.5 cm³/mol. The van der Waals surface area contributed by atoms with Crippen LogP contribution in [0.2, 0.25) is 0 Å². The van der Waals surface area contributed by atoms with Gasteiger partial charge in [-0.3, -0.25) is 9.59 Å². The second kappa shape index (κ2) is 11.1. The molecule has 0 aromatic rings. The number of hydrogen-bond donors (Lipinski definition) is 0. The molecule has 0 spiro atoms. The zero-order valence-corrected chi connectivity index (χ0v) is 15.4. The highest BCUT2D eigenvalue weighted by molar-refractivity contribution is 5.89. The average molecular weight is 336 g/mol. The largest absolute Gasteiger partial charge is 0.465 e. The van der Waals surface area contributed by atoms with Crippen LogP contribution in [0.5, 0.6) is 0 Å². The van der Waals surface area contributed by atoms with E-state index < -0.39 is 11.3 Å². The van der Waals surface area contributed by atoms with Crippen LogP contribution in [0.3, 0.4) is 0 Å². The van der Waals surface area contributed by atoms with Gasteiger partial charge in [0.25, 0.3) is 0 Å². The number of esters is 2. The summed E-state index contributed by atoms with van der Waals surface area (Å²) in [6.07, 6.45) is 13.3. The molecule has 0 saturated heterocycles. The smallest absolute Gasteiger partial charge is 0.317 e. The van der Waals surface area contributed by atoms with Crippen LogP contribution in [-0.4, -0.2) is 25.2 Å². The third-order valence-electron chi connectivity index (χ3n) is 4.41. The number of rotatable bonds is 11. The van der Waals surface area contributed by atoms with Gasteiger partial charge in [-0.25, -0.2) is 0 Å². The summed E-state index contributed by atoms with van der Waals surface area (Å²) in [5.41, 5.74) is -0.929. The first-order chi connectivity index (χ1) is 11.6. The topological polar surface area (TPSA) is 52.6 Å². The van der Waals surface area contributed by atoms with Crippen LogP contribution in [-0.2, 0) is 19.1 Å². The molecule has 2 atom stereocenters. The van der Waals surface area contributed by atoms with Crippen LogP contribution < -0.4 is 0 Å². The third-order valence-corrected chi connectivity index (χ3v) is 4.41. The van der Waals surface area contributed by atoms with Crippen LogP contribution in [0, 0.1) is 11.3 Å². The highest BCUT2D eigenvalue weighted by atomic mass is 16.5. The van der Waals surface area contributed by atoms with Crippen molar-refractivity contribution in [2.24, 2.45) is 11.3 Å². The molecular formula is C20H32O4. The molecule has 0 amide bonds. The minimum absolute atomic E-state index is 0.303. The quantitative estimate of drug-likeness (QED) is 0.409. The molecule has 0 aromatic heterocycles. The maximum absolute atomic E-state index is 12.8. The summed E-state index contributed by atoms with van der Waals surface area (Å²) in [5.74, 6) is -1.23. The Morgan fingerprint density at radius 3 is 2.17 bits per heavy atom. The molecule has 0 saturated carbocycles. The van der Waals surface area contributed by atoms with Crippen molar-refractivity contribution in [3.8, 4) is 0 Å². The van der Waals surface area contributed by atoms with E-state index >= 15 is 0 Å². The Morgan fingerprint density at radius 2 is 1.54 bits per heavy atom. The van der Waals surface area contributed by atoms with Crippen LogP contribution >= 0.6 is 0 Å². The van der Waals surface area contributed by atoms with Crippen molar-refractivity contribution >= 4 is 11.9 Å². The van der Waals surface area contributed by atoms with E-state index in [0.29, 0.717) is 19.6 Å². The van der Waals surface area contributed by atoms with Gasteiger partial charge in [0.15, 0.2) is 0 Å². The first kappa shape index (κ1) is 20.5. The molecule has 4 heteroatoms. The first-order valence-electron chi connectivity index (χ1n) is 9.32. The lowest BCUT2D eigenvalue weighted by Gasteiger charge is -2.35. The lowest BCUT2D eigenvalue weighted by Crippen LogP contribution is -2.43. The fourth-order valence-electron chi connectivity index (χ4n) is 2.82. The molecule has 136 valence electrons. The lowest BCUT2D eigenvalue weighted by molar-refractivity contribution is -0.165. The number of carbonyl (C=O) groups is 2. The zero-order valence-electron chi connectivity index (χ0n) is 15.4. The summed E-state index contributed by atoms with van der Waals surface area (Å²) in [6, 6.07) is 0. The molecule has 0 fully saturated rings. The molecule has 0 aliphatic heterocycles. The van der Waals surface area contributed by atoms with Gasteiger partial charge < -0.3 is 9.47 Å². The monoisotopic (exact) mass is 336 g/mol. The molecule has 0 N–H and O–H groups in total. The maximum atomic E-state index is 12.8. The van der Waals surface area contributed by atoms with Crippen molar-refractivity contribution < 1.29 is 19.1 Å². The molecule has 0 bridgehead atoms. The van der Waals surface area contributed by atoms with E-state index in [4.69, 9.17) is 9.47 Å². The molecule has 0 heterocycles. The summed E-state index contributed by atoms with van der Waals surface area (Å²) in [7, 11) is 0. The Bertz CT molecular complexity index is 453. The van der Waals surface area contributed by atoms with Crippen molar-refractivity contribution in [3.63, 3.8) is 0 Å². The fourth-order valence-corrected chi connectivity index (χ4v) is 2.82. The van der Waals surface area contributed by atoms with Gasteiger partial charge in [0.2, 0.25) is 0 Å². The van der Waals surface area contributed by atoms with Crippen molar-refractivity contribution in [1.82, 2.24) is 0 Å². The third kappa shape index (κ3) is 5.50. The summed E-state index contributed by atoms with van der Waals surface area (Å²) < 4.78 is 10.9. The van der Waals surface area contributed by atoms with Gasteiger partial charge in [-0.2, -0.15) is 0 Å². The molecule has 1 aliphatic rings. The van der Waals surface area contributed by atoms with Gasteiger partial charge in [-0.15, -0.1) is 0 Å². The highest BCUT2D eigenvalue weighted by Gasteiger charge is 2.48. The fraction of sp³-hybridized carbons (Fsp3) is 0.700. The number of carbonyl (C=O) groups excluding carboxylic acids is 2. The van der Waals surface area contributed by atoms with Crippen molar-refractivity contribution in [1.29, 1.82) is 0 Å². The summed E-state index contributed by atoms with van der Waals surface area (Å²) in [4.78, 5) is 25.4. The SMILES string of the molecule is CCCCOC(=O)C1C=CC=CC1(CCCC)C(=O)OCCCC. The van der Waals surface area contributed by atoms with E-state index in [2.05, 4.69) is 13.8 Å². The van der Waals surface area contributed by atoms with Crippen LogP contribution in [0.25, 0.3) is 0 Å². The van der Waals surface area contributed by atoms with Crippen molar-refractivity contribution in [2.75, 3.05) is 13.2 Å². The van der Waals surface area contributed by atoms with Crippen LogP contribution in [0.4, 0.5) is 0 Å². The van der Waals surface area contributed by atoms with Crippen LogP contribution in [0.1, 0.15) is 65.7 Å². The number of unbranched alkanes of at least 4 members (excludes halogenated alkanes) is 3. The summed E-state index contributed by atoms with van der Waals surface area (Å²) in [5, 5.41) is 0. The first-order valence-corrected chi connectivity index (χ1v) is 9.32. The summed E-state index contributed by atoms with van der Waals surface area (Å²) in [6.45, 7) is 6.98. The molecule has 4 nitrogen and oxygen atoms in total. The van der Waals surface area contributed by atoms with Crippen molar-refractivity contribution in [3.05, 3.63) is 24.3 Å². The standard InChI is InChI=1S/C20H32O4/c1-4-7-13-20(19(22)24-16-9-6-3)14-11-10-12-17(20)18(21)23-15-8-5-2/h10-12,14,17H,4-9,13,15-16H2,1-3H3. The van der Waals surface area contributed by atoms with Crippen LogP contribution in [0.15, 0.2) is 24.3 Å². The predicted octanol–water partition coefficient (Wildman–Crippen LogP) is 4.59. The average Bonchev–Trinajstić information content (AvgIpc) is 2.60. The Balaban J connectivity index is 2.93. The van der Waals surface area contributed by atoms with E-state index in [9.17, 15) is 9.59 Å². The van der Waals surface area contributed by atoms with Gasteiger partial charge in [-0.05, 0) is 19.3 Å². The Morgan fingerprint density at radius 1 is 0.917 bits per heavy atom. The normalized spacial score (nSPS) is 22.4. The van der Waals surface area contributed by atoms with E-state index in [1.807, 2.05) is 25.2 Å². The second-order valence-corrected chi connectivity index (χ2v) is 6.38. The minimum Gasteiger partial charge on any atom is -0.465 e. The molecular weight excluding hydrogens is 304 g/mol. The Hall–Kier alpha value is -1.58. The number of hydrogen-bond acceptors (Lipinski definition) is 4. The Kier molecular flexibility index (Phi) is 9.43. The van der Waals surface area contributed by atoms with E-state index in [0.717, 1.165) is 38.5 Å². The second-order valence-electron chi connectivity index (χ2n) is 6.38. The van der Waals surface area contributed by atoms with Gasteiger partial charge in [0.05, 0.1) is 19.1 Å². The van der Waals surface area contributed by atoms with Gasteiger partial charge >= 0.3 is 11.9 Å². The molecule has 1 rings (SSSR count). The lowest BCUT2D eigenvalue weighted by atomic mass is 9.69. The Labute approximate surface area is 146 Å². The molecule has 1 aliphatic carbocycles. The van der Waals surface area contributed by atoms with Gasteiger partial charge in [0.1, 0.15) is 5.41 Å². The molecule has 24 heavy (non-hydrogen) atoms. The number of ether oxygens (including phenoxy) is 2. The molecule has 0 radical (unpaired) electrons. The maximum Gasteiger partial charge on any atom is 0.317 e. The highest BCUT2D eigenvalue weighted by Crippen LogP contribution is 2.41. The van der Waals surface area contributed by atoms with Gasteiger partial charge in [-0.1, -0.05) is 70.8 Å². The van der Waals surface area contributed by atoms with E-state index in [1.165, 1.54) is 0 Å². The summed E-state index contributed by atoms with van der Waals surface area (Å²) >= 11 is 0. The molecule has 2 unspecified atom stereocenters. The van der Waals surface area contributed by atoms with Crippen molar-refractivity contribution in [2.45, 2.75) is 65.7 Å². The minimum atomic E-state index is -0.929. The molecule has 0 aromatic carbocycles. The zero-order chi connectivity index (χ0) is 17.8. The van der Waals surface area contributed by atoms with E-state index in [1.54, 1.807) is 6.08 Å². The van der Waals surface area contributed by atoms with Gasteiger partial charge in [0, 0.05) is 0 Å².